The minimum atomic E-state index is -5.08. The molecule has 2 aliphatic heterocycles. The number of piperidine rings is 1. The van der Waals surface area contributed by atoms with Crippen LogP contribution in [0.2, 0.25) is 0 Å². The second-order valence-corrected chi connectivity index (χ2v) is 10.9. The lowest BCUT2D eigenvalue weighted by atomic mass is 9.82. The van der Waals surface area contributed by atoms with Crippen LogP contribution in [-0.4, -0.2) is 91.0 Å². The van der Waals surface area contributed by atoms with Crippen molar-refractivity contribution in [2.45, 2.75) is 43.3 Å². The zero-order valence-electron chi connectivity index (χ0n) is 19.7. The number of hydrogen-bond donors (Lipinski definition) is 1. The van der Waals surface area contributed by atoms with Crippen LogP contribution in [0.3, 0.4) is 0 Å². The van der Waals surface area contributed by atoms with E-state index >= 15 is 0 Å². The minimum absolute atomic E-state index is 0.106. The fourth-order valence-electron chi connectivity index (χ4n) is 4.26. The van der Waals surface area contributed by atoms with Gasteiger partial charge in [-0.05, 0) is 43.0 Å². The highest BCUT2D eigenvalue weighted by atomic mass is 32.2. The first-order chi connectivity index (χ1) is 16.1. The number of sulfonamides is 1. The van der Waals surface area contributed by atoms with Crippen LogP contribution in [0, 0.1) is 17.2 Å². The lowest BCUT2D eigenvalue weighted by Crippen LogP contribution is -2.68. The number of alkyl halides is 3. The fraction of sp³-hybridized carbons (Fsp3) is 0.591. The highest BCUT2D eigenvalue weighted by Gasteiger charge is 2.51. The van der Waals surface area contributed by atoms with Crippen molar-refractivity contribution in [2.75, 3.05) is 39.8 Å². The summed E-state index contributed by atoms with van der Waals surface area (Å²) in [5.41, 5.74) is -0.176. The van der Waals surface area contributed by atoms with Gasteiger partial charge in [0.05, 0.1) is 16.5 Å². The Hall–Kier alpha value is -2.69. The zero-order chi connectivity index (χ0) is 26.6. The van der Waals surface area contributed by atoms with E-state index in [0.717, 1.165) is 13.1 Å². The van der Waals surface area contributed by atoms with E-state index in [-0.39, 0.29) is 10.8 Å². The van der Waals surface area contributed by atoms with Crippen molar-refractivity contribution in [3.63, 3.8) is 0 Å². The Morgan fingerprint density at radius 1 is 1.14 bits per heavy atom. The van der Waals surface area contributed by atoms with E-state index in [2.05, 4.69) is 18.7 Å². The van der Waals surface area contributed by atoms with Crippen LogP contribution >= 0.6 is 0 Å². The Labute approximate surface area is 202 Å². The number of benzene rings is 1. The molecule has 0 aromatic heterocycles. The van der Waals surface area contributed by atoms with Crippen LogP contribution < -0.4 is 0 Å². The number of rotatable bonds is 4. The van der Waals surface area contributed by atoms with Gasteiger partial charge >= 0.3 is 12.1 Å². The molecular weight excluding hydrogens is 489 g/mol. The summed E-state index contributed by atoms with van der Waals surface area (Å²) in [5, 5.41) is 16.0. The predicted octanol–water partition coefficient (Wildman–Crippen LogP) is 2.14. The molecule has 0 aliphatic carbocycles. The molecule has 0 atom stereocenters. The number of likely N-dealkylation sites (N-methyl/N-ethyl adjacent to an activating group) is 1. The van der Waals surface area contributed by atoms with Gasteiger partial charge in [0, 0.05) is 39.8 Å². The van der Waals surface area contributed by atoms with E-state index in [1.165, 1.54) is 28.6 Å². The number of hydrogen-bond acceptors (Lipinski definition) is 6. The summed E-state index contributed by atoms with van der Waals surface area (Å²) >= 11 is 0. The summed E-state index contributed by atoms with van der Waals surface area (Å²) in [4.78, 5) is 26.2. The first-order valence-corrected chi connectivity index (χ1v) is 12.4. The fourth-order valence-corrected chi connectivity index (χ4v) is 5.70. The average molecular weight is 519 g/mol. The molecule has 2 aliphatic rings. The van der Waals surface area contributed by atoms with Crippen molar-refractivity contribution in [3.05, 3.63) is 29.8 Å². The maximum Gasteiger partial charge on any atom is 0.490 e. The third-order valence-electron chi connectivity index (χ3n) is 6.05. The van der Waals surface area contributed by atoms with Gasteiger partial charge in [0.25, 0.3) is 0 Å². The van der Waals surface area contributed by atoms with Gasteiger partial charge in [0.2, 0.25) is 15.9 Å². The lowest BCUT2D eigenvalue weighted by Gasteiger charge is -2.52. The smallest absolute Gasteiger partial charge is 0.475 e. The van der Waals surface area contributed by atoms with Gasteiger partial charge in [0.15, 0.2) is 0 Å². The SMILES string of the molecule is CC(C)CN1CCN(C)C(=O)C12CCN(S(=O)(=O)c1ccc(C#N)cc1)CC2.O=C(O)C(F)(F)F. The summed E-state index contributed by atoms with van der Waals surface area (Å²) in [6.45, 7) is 7.28. The van der Waals surface area contributed by atoms with Crippen molar-refractivity contribution in [2.24, 2.45) is 5.92 Å². The number of nitrogens with zero attached hydrogens (tertiary/aromatic N) is 4. The molecule has 9 nitrogen and oxygen atoms in total. The van der Waals surface area contributed by atoms with E-state index in [0.29, 0.717) is 44.0 Å². The molecule has 0 unspecified atom stereocenters. The highest BCUT2D eigenvalue weighted by Crippen LogP contribution is 2.35. The van der Waals surface area contributed by atoms with Gasteiger partial charge in [-0.2, -0.15) is 22.7 Å². The summed E-state index contributed by atoms with van der Waals surface area (Å²) in [7, 11) is -1.80. The van der Waals surface area contributed by atoms with Crippen LogP contribution in [0.25, 0.3) is 0 Å². The van der Waals surface area contributed by atoms with Crippen LogP contribution in [0.15, 0.2) is 29.2 Å². The molecule has 1 aromatic rings. The molecule has 2 fully saturated rings. The van der Waals surface area contributed by atoms with Crippen molar-refractivity contribution >= 4 is 21.9 Å². The third-order valence-corrected chi connectivity index (χ3v) is 7.97. The van der Waals surface area contributed by atoms with Crippen LogP contribution in [0.1, 0.15) is 32.3 Å². The highest BCUT2D eigenvalue weighted by molar-refractivity contribution is 7.89. The molecule has 1 spiro atoms. The molecule has 2 heterocycles. The first kappa shape index (κ1) is 28.5. The van der Waals surface area contributed by atoms with E-state index in [9.17, 15) is 26.4 Å². The average Bonchev–Trinajstić information content (AvgIpc) is 2.79. The van der Waals surface area contributed by atoms with Crippen molar-refractivity contribution in [1.82, 2.24) is 14.1 Å². The van der Waals surface area contributed by atoms with Crippen molar-refractivity contribution < 1.29 is 36.3 Å². The number of nitriles is 1. The predicted molar refractivity (Wildman–Crippen MR) is 120 cm³/mol. The van der Waals surface area contributed by atoms with Crippen LogP contribution in [-0.2, 0) is 19.6 Å². The van der Waals surface area contributed by atoms with E-state index in [1.807, 2.05) is 13.1 Å². The number of carbonyl (C=O) groups is 2. The zero-order valence-corrected chi connectivity index (χ0v) is 20.6. The number of aliphatic carboxylic acids is 1. The second-order valence-electron chi connectivity index (χ2n) is 8.94. The molecule has 2 saturated heterocycles. The molecule has 35 heavy (non-hydrogen) atoms. The summed E-state index contributed by atoms with van der Waals surface area (Å²) < 4.78 is 59.2. The maximum atomic E-state index is 13.1. The molecule has 194 valence electrons. The first-order valence-electron chi connectivity index (χ1n) is 11.0. The van der Waals surface area contributed by atoms with E-state index in [4.69, 9.17) is 15.2 Å². The van der Waals surface area contributed by atoms with Gasteiger partial charge < -0.3 is 10.0 Å². The van der Waals surface area contributed by atoms with Gasteiger partial charge in [-0.15, -0.1) is 0 Å². The second kappa shape index (κ2) is 10.9. The minimum Gasteiger partial charge on any atom is -0.475 e. The molecule has 3 rings (SSSR count). The molecule has 0 saturated carbocycles. The molecular formula is C22H29F3N4O5S. The number of carboxylic acid groups (broad SMARTS) is 1. The Balaban J connectivity index is 0.000000540. The van der Waals surface area contributed by atoms with Crippen LogP contribution in [0.5, 0.6) is 0 Å². The van der Waals surface area contributed by atoms with Gasteiger partial charge in [-0.25, -0.2) is 13.2 Å². The Morgan fingerprint density at radius 3 is 2.09 bits per heavy atom. The maximum absolute atomic E-state index is 13.1. The normalized spacial score (nSPS) is 19.3. The number of amides is 1. The van der Waals surface area contributed by atoms with Crippen molar-refractivity contribution in [1.29, 1.82) is 5.26 Å². The molecule has 0 radical (unpaired) electrons. The molecule has 0 bridgehead atoms. The standard InChI is InChI=1S/C20H28N4O3S.C2HF3O2/c1-16(2)15-23-13-12-22(3)19(25)20(23)8-10-24(11-9-20)28(26,27)18-6-4-17(14-21)5-7-18;3-2(4,5)1(6)7/h4-7,16H,8-13,15H2,1-3H3;(H,6,7). The Kier molecular flexibility index (Phi) is 8.91. The summed E-state index contributed by atoms with van der Waals surface area (Å²) in [5.74, 6) is -2.21. The lowest BCUT2D eigenvalue weighted by molar-refractivity contribution is -0.192. The van der Waals surface area contributed by atoms with Gasteiger partial charge in [0.1, 0.15) is 5.54 Å². The van der Waals surface area contributed by atoms with Crippen molar-refractivity contribution in [3.8, 4) is 6.07 Å². The molecule has 1 aromatic carbocycles. The third kappa shape index (κ3) is 6.50. The summed E-state index contributed by atoms with van der Waals surface area (Å²) in [6.07, 6.45) is -4.09. The number of carboxylic acids is 1. The summed E-state index contributed by atoms with van der Waals surface area (Å²) in [6, 6.07) is 7.98. The molecule has 1 amide bonds. The van der Waals surface area contributed by atoms with E-state index in [1.54, 1.807) is 4.90 Å². The van der Waals surface area contributed by atoms with Gasteiger partial charge in [-0.1, -0.05) is 13.8 Å². The number of halogens is 3. The molecule has 1 N–H and O–H groups in total. The largest absolute Gasteiger partial charge is 0.490 e. The van der Waals surface area contributed by atoms with Crippen LogP contribution in [0.4, 0.5) is 13.2 Å². The monoisotopic (exact) mass is 518 g/mol. The molecule has 13 heteroatoms. The number of carbonyl (C=O) groups excluding carboxylic acids is 1. The Morgan fingerprint density at radius 2 is 1.66 bits per heavy atom. The Bertz CT molecular complexity index is 1060. The quantitative estimate of drug-likeness (QED) is 0.648. The topological polar surface area (TPSA) is 122 Å². The number of piperazine rings is 1. The van der Waals surface area contributed by atoms with Gasteiger partial charge in [-0.3, -0.25) is 9.69 Å². The van der Waals surface area contributed by atoms with E-state index < -0.39 is 27.7 Å².